The second-order valence-electron chi connectivity index (χ2n) is 5.94. The highest BCUT2D eigenvalue weighted by Gasteiger charge is 2.34. The first kappa shape index (κ1) is 19.8. The quantitative estimate of drug-likeness (QED) is 0.563. The molecule has 8 nitrogen and oxygen atoms in total. The summed E-state index contributed by atoms with van der Waals surface area (Å²) < 4.78 is 32.1. The molecular weight excluding hydrogens is 358 g/mol. The fourth-order valence-electron chi connectivity index (χ4n) is 2.49. The van der Waals surface area contributed by atoms with E-state index >= 15 is 0 Å². The molecular formula is C17H21N3O5S. The minimum absolute atomic E-state index is 0.0125. The summed E-state index contributed by atoms with van der Waals surface area (Å²) in [7, 11) is -2.63. The van der Waals surface area contributed by atoms with Crippen molar-refractivity contribution in [2.75, 3.05) is 7.05 Å². The summed E-state index contributed by atoms with van der Waals surface area (Å²) in [5.74, 6) is -0.0848. The second-order valence-corrected chi connectivity index (χ2v) is 7.94. The average molecular weight is 379 g/mol. The van der Waals surface area contributed by atoms with Gasteiger partial charge >= 0.3 is 0 Å². The molecule has 0 saturated heterocycles. The predicted molar refractivity (Wildman–Crippen MR) is 94.3 cm³/mol. The SMILES string of the molecule is CC(C)C(C(=O)NO)N(C)S(=O)(=O)c1ccc(Oc2ccncc2)cc1. The van der Waals surface area contributed by atoms with Gasteiger partial charge in [-0.05, 0) is 42.3 Å². The fraction of sp³-hybridized carbons (Fsp3) is 0.294. The van der Waals surface area contributed by atoms with Crippen LogP contribution in [0.5, 0.6) is 11.5 Å². The van der Waals surface area contributed by atoms with E-state index in [2.05, 4.69) is 4.98 Å². The molecule has 140 valence electrons. The van der Waals surface area contributed by atoms with Gasteiger partial charge in [-0.3, -0.25) is 15.0 Å². The first-order valence-corrected chi connectivity index (χ1v) is 9.31. The molecule has 0 radical (unpaired) electrons. The largest absolute Gasteiger partial charge is 0.457 e. The predicted octanol–water partition coefficient (Wildman–Crippen LogP) is 2.02. The van der Waals surface area contributed by atoms with Crippen molar-refractivity contribution in [3.63, 3.8) is 0 Å². The molecule has 1 aromatic carbocycles. The molecule has 2 aromatic rings. The van der Waals surface area contributed by atoms with Gasteiger partial charge < -0.3 is 4.74 Å². The van der Waals surface area contributed by atoms with Crippen molar-refractivity contribution in [2.24, 2.45) is 5.92 Å². The lowest BCUT2D eigenvalue weighted by Gasteiger charge is -2.28. The number of hydroxylamine groups is 1. The first-order valence-electron chi connectivity index (χ1n) is 7.87. The van der Waals surface area contributed by atoms with Crippen LogP contribution in [0.1, 0.15) is 13.8 Å². The Bertz CT molecular complexity index is 838. The van der Waals surface area contributed by atoms with Crippen LogP contribution in [0.2, 0.25) is 0 Å². The number of amides is 1. The van der Waals surface area contributed by atoms with Crippen molar-refractivity contribution in [2.45, 2.75) is 24.8 Å². The molecule has 0 fully saturated rings. The summed E-state index contributed by atoms with van der Waals surface area (Å²) in [4.78, 5) is 15.7. The van der Waals surface area contributed by atoms with Crippen molar-refractivity contribution in [3.8, 4) is 11.5 Å². The lowest BCUT2D eigenvalue weighted by Crippen LogP contribution is -2.49. The van der Waals surface area contributed by atoms with E-state index in [1.54, 1.807) is 38.4 Å². The maximum absolute atomic E-state index is 12.8. The molecule has 1 aromatic heterocycles. The van der Waals surface area contributed by atoms with Crippen LogP contribution in [0.3, 0.4) is 0 Å². The third-order valence-corrected chi connectivity index (χ3v) is 5.64. The summed E-state index contributed by atoms with van der Waals surface area (Å²) in [5, 5.41) is 8.87. The molecule has 2 rings (SSSR count). The van der Waals surface area contributed by atoms with Gasteiger partial charge in [-0.2, -0.15) is 4.31 Å². The number of hydrogen-bond acceptors (Lipinski definition) is 6. The minimum atomic E-state index is -3.93. The molecule has 0 aliphatic rings. The number of likely N-dealkylation sites (N-methyl/N-ethyl adjacent to an activating group) is 1. The van der Waals surface area contributed by atoms with Crippen molar-refractivity contribution >= 4 is 15.9 Å². The van der Waals surface area contributed by atoms with Gasteiger partial charge in [0.1, 0.15) is 17.5 Å². The fourth-order valence-corrected chi connectivity index (χ4v) is 3.94. The van der Waals surface area contributed by atoms with Crippen LogP contribution in [0.4, 0.5) is 0 Å². The molecule has 0 aliphatic carbocycles. The number of ether oxygens (including phenoxy) is 1. The normalized spacial score (nSPS) is 12.8. The molecule has 1 atom stereocenters. The summed E-state index contributed by atoms with van der Waals surface area (Å²) in [6.07, 6.45) is 3.17. The number of carbonyl (C=O) groups is 1. The molecule has 9 heteroatoms. The summed E-state index contributed by atoms with van der Waals surface area (Å²) in [5.41, 5.74) is 1.52. The van der Waals surface area contributed by atoms with Crippen molar-refractivity contribution in [1.29, 1.82) is 0 Å². The lowest BCUT2D eigenvalue weighted by atomic mass is 10.0. The molecule has 2 N–H and O–H groups in total. The summed E-state index contributed by atoms with van der Waals surface area (Å²) >= 11 is 0. The third kappa shape index (κ3) is 4.37. The Hall–Kier alpha value is -2.49. The zero-order chi connectivity index (χ0) is 19.3. The van der Waals surface area contributed by atoms with Crippen LogP contribution < -0.4 is 10.2 Å². The maximum atomic E-state index is 12.8. The van der Waals surface area contributed by atoms with Gasteiger partial charge in [-0.15, -0.1) is 0 Å². The summed E-state index contributed by atoms with van der Waals surface area (Å²) in [6.45, 7) is 3.38. The molecule has 0 aliphatic heterocycles. The summed E-state index contributed by atoms with van der Waals surface area (Å²) in [6, 6.07) is 8.17. The number of sulfonamides is 1. The molecule has 0 bridgehead atoms. The lowest BCUT2D eigenvalue weighted by molar-refractivity contribution is -0.134. The Morgan fingerprint density at radius 2 is 1.65 bits per heavy atom. The Morgan fingerprint density at radius 3 is 2.15 bits per heavy atom. The van der Waals surface area contributed by atoms with E-state index in [0.717, 1.165) is 4.31 Å². The average Bonchev–Trinajstić information content (AvgIpc) is 2.62. The highest BCUT2D eigenvalue weighted by Crippen LogP contribution is 2.25. The number of hydrogen-bond donors (Lipinski definition) is 2. The monoisotopic (exact) mass is 379 g/mol. The van der Waals surface area contributed by atoms with E-state index in [9.17, 15) is 13.2 Å². The Morgan fingerprint density at radius 1 is 1.12 bits per heavy atom. The van der Waals surface area contributed by atoms with E-state index in [4.69, 9.17) is 9.94 Å². The number of rotatable bonds is 7. The number of nitrogens with zero attached hydrogens (tertiary/aromatic N) is 2. The Kier molecular flexibility index (Phi) is 6.30. The van der Waals surface area contributed by atoms with Gasteiger partial charge in [0.2, 0.25) is 10.0 Å². The molecule has 0 saturated carbocycles. The number of aromatic nitrogens is 1. The van der Waals surface area contributed by atoms with E-state index in [1.165, 1.54) is 36.8 Å². The van der Waals surface area contributed by atoms with Gasteiger partial charge in [0.25, 0.3) is 5.91 Å². The van der Waals surface area contributed by atoms with Crippen molar-refractivity contribution < 1.29 is 23.2 Å². The molecule has 1 unspecified atom stereocenters. The van der Waals surface area contributed by atoms with Gasteiger partial charge in [0.05, 0.1) is 4.90 Å². The number of nitrogens with one attached hydrogen (secondary N) is 1. The van der Waals surface area contributed by atoms with Gasteiger partial charge in [-0.25, -0.2) is 13.9 Å². The van der Waals surface area contributed by atoms with Crippen LogP contribution in [-0.2, 0) is 14.8 Å². The second kappa shape index (κ2) is 8.26. The molecule has 0 spiro atoms. The minimum Gasteiger partial charge on any atom is -0.457 e. The third-order valence-electron chi connectivity index (χ3n) is 3.79. The smallest absolute Gasteiger partial charge is 0.262 e. The standard InChI is InChI=1S/C17H21N3O5S/c1-12(2)16(17(21)19-22)20(3)26(23,24)15-6-4-13(5-7-15)25-14-8-10-18-11-9-14/h4-12,16,22H,1-3H3,(H,19,21). The van der Waals surface area contributed by atoms with Gasteiger partial charge in [0.15, 0.2) is 0 Å². The van der Waals surface area contributed by atoms with E-state index in [0.29, 0.717) is 11.5 Å². The number of pyridine rings is 1. The van der Waals surface area contributed by atoms with Gasteiger partial charge in [0, 0.05) is 19.4 Å². The molecule has 26 heavy (non-hydrogen) atoms. The van der Waals surface area contributed by atoms with Crippen LogP contribution in [0, 0.1) is 5.92 Å². The van der Waals surface area contributed by atoms with Crippen LogP contribution in [0.25, 0.3) is 0 Å². The molecule has 1 heterocycles. The number of benzene rings is 1. The maximum Gasteiger partial charge on any atom is 0.262 e. The van der Waals surface area contributed by atoms with Crippen LogP contribution in [-0.4, -0.2) is 41.9 Å². The number of carbonyl (C=O) groups excluding carboxylic acids is 1. The molecule has 1 amide bonds. The zero-order valence-corrected chi connectivity index (χ0v) is 15.5. The first-order chi connectivity index (χ1) is 12.3. The zero-order valence-electron chi connectivity index (χ0n) is 14.7. The van der Waals surface area contributed by atoms with E-state index in [-0.39, 0.29) is 10.8 Å². The van der Waals surface area contributed by atoms with Crippen LogP contribution >= 0.6 is 0 Å². The highest BCUT2D eigenvalue weighted by molar-refractivity contribution is 7.89. The van der Waals surface area contributed by atoms with Gasteiger partial charge in [-0.1, -0.05) is 13.8 Å². The van der Waals surface area contributed by atoms with Crippen LogP contribution in [0.15, 0.2) is 53.7 Å². The van der Waals surface area contributed by atoms with E-state index < -0.39 is 22.0 Å². The van der Waals surface area contributed by atoms with Crippen molar-refractivity contribution in [1.82, 2.24) is 14.8 Å². The van der Waals surface area contributed by atoms with Crippen molar-refractivity contribution in [3.05, 3.63) is 48.8 Å². The van der Waals surface area contributed by atoms with E-state index in [1.807, 2.05) is 0 Å². The topological polar surface area (TPSA) is 109 Å². The Balaban J connectivity index is 2.24. The highest BCUT2D eigenvalue weighted by atomic mass is 32.2. The Labute approximate surface area is 152 Å².